The summed E-state index contributed by atoms with van der Waals surface area (Å²) in [7, 11) is 0. The van der Waals surface area contributed by atoms with Crippen molar-refractivity contribution < 1.29 is 4.79 Å². The van der Waals surface area contributed by atoms with Gasteiger partial charge in [-0.05, 0) is 37.5 Å². The monoisotopic (exact) mass is 294 g/mol. The number of hydrogen-bond acceptors (Lipinski definition) is 2. The maximum atomic E-state index is 13.0. The first-order chi connectivity index (χ1) is 10.0. The van der Waals surface area contributed by atoms with Gasteiger partial charge in [-0.3, -0.25) is 10.1 Å². The van der Waals surface area contributed by atoms with Crippen molar-refractivity contribution in [2.75, 3.05) is 0 Å². The Hall–Kier alpha value is -0.570. The van der Waals surface area contributed by atoms with Gasteiger partial charge in [0.2, 0.25) is 5.91 Å². The first kappa shape index (κ1) is 16.8. The topological polar surface area (TPSA) is 32.3 Å². The van der Waals surface area contributed by atoms with Crippen LogP contribution in [0.15, 0.2) is 0 Å². The van der Waals surface area contributed by atoms with Gasteiger partial charge >= 0.3 is 0 Å². The highest BCUT2D eigenvalue weighted by atomic mass is 16.2. The molecule has 1 saturated heterocycles. The molecule has 1 N–H and O–H groups in total. The van der Waals surface area contributed by atoms with Crippen molar-refractivity contribution in [1.82, 2.24) is 10.2 Å². The molecule has 0 bridgehead atoms. The van der Waals surface area contributed by atoms with Crippen LogP contribution in [0.5, 0.6) is 0 Å². The van der Waals surface area contributed by atoms with Crippen LogP contribution in [0, 0.1) is 17.8 Å². The molecule has 0 aromatic heterocycles. The number of hydrogen-bond donors (Lipinski definition) is 1. The lowest BCUT2D eigenvalue weighted by molar-refractivity contribution is -0.134. The van der Waals surface area contributed by atoms with Crippen molar-refractivity contribution in [3.05, 3.63) is 0 Å². The van der Waals surface area contributed by atoms with Crippen molar-refractivity contribution in [2.45, 2.75) is 91.4 Å². The molecule has 0 aromatic rings. The number of nitrogens with zero attached hydrogens (tertiary/aromatic N) is 1. The van der Waals surface area contributed by atoms with E-state index >= 15 is 0 Å². The summed E-state index contributed by atoms with van der Waals surface area (Å²) < 4.78 is 0. The van der Waals surface area contributed by atoms with Crippen molar-refractivity contribution >= 4 is 5.91 Å². The van der Waals surface area contributed by atoms with Gasteiger partial charge in [-0.1, -0.05) is 53.4 Å². The summed E-state index contributed by atoms with van der Waals surface area (Å²) in [5.41, 5.74) is 0. The quantitative estimate of drug-likeness (QED) is 0.808. The van der Waals surface area contributed by atoms with Crippen LogP contribution in [0.3, 0.4) is 0 Å². The average Bonchev–Trinajstić information content (AvgIpc) is 3.06. The molecular weight excluding hydrogens is 260 g/mol. The van der Waals surface area contributed by atoms with E-state index in [2.05, 4.69) is 44.8 Å². The summed E-state index contributed by atoms with van der Waals surface area (Å²) in [5, 5.41) is 3.69. The standard InChI is InChI=1S/C18H34N2O/c1-6-14(7-2)13(5)20-17(15-10-8-9-11-15)19-16(12(3)4)18(20)21/h12-17,19H,6-11H2,1-5H3. The zero-order chi connectivity index (χ0) is 15.6. The largest absolute Gasteiger partial charge is 0.323 e. The second-order valence-corrected chi connectivity index (χ2v) is 7.44. The molecule has 3 nitrogen and oxygen atoms in total. The third kappa shape index (κ3) is 3.28. The Morgan fingerprint density at radius 2 is 1.71 bits per heavy atom. The van der Waals surface area contributed by atoms with E-state index in [1.807, 2.05) is 0 Å². The molecule has 0 aromatic carbocycles. The molecule has 0 spiro atoms. The van der Waals surface area contributed by atoms with E-state index in [0.717, 1.165) is 12.8 Å². The molecule has 2 fully saturated rings. The minimum atomic E-state index is 0.0208. The second kappa shape index (κ2) is 7.13. The fraction of sp³-hybridized carbons (Fsp3) is 0.944. The maximum absolute atomic E-state index is 13.0. The number of carbonyl (C=O) groups is 1. The molecule has 1 saturated carbocycles. The molecule has 3 heteroatoms. The molecule has 21 heavy (non-hydrogen) atoms. The Morgan fingerprint density at radius 3 is 2.19 bits per heavy atom. The molecule has 122 valence electrons. The number of carbonyl (C=O) groups excluding carboxylic acids is 1. The van der Waals surface area contributed by atoms with E-state index in [4.69, 9.17) is 0 Å². The van der Waals surface area contributed by atoms with E-state index in [1.165, 1.54) is 25.7 Å². The predicted octanol–water partition coefficient (Wildman–Crippen LogP) is 3.78. The molecule has 2 rings (SSSR count). The normalized spacial score (nSPS) is 29.1. The van der Waals surface area contributed by atoms with Crippen LogP contribution in [-0.2, 0) is 4.79 Å². The van der Waals surface area contributed by atoms with Crippen molar-refractivity contribution in [3.63, 3.8) is 0 Å². The Kier molecular flexibility index (Phi) is 5.70. The van der Waals surface area contributed by atoms with E-state index in [9.17, 15) is 4.79 Å². The minimum Gasteiger partial charge on any atom is -0.323 e. The summed E-state index contributed by atoms with van der Waals surface area (Å²) in [4.78, 5) is 15.2. The number of nitrogens with one attached hydrogen (secondary N) is 1. The van der Waals surface area contributed by atoms with Crippen LogP contribution >= 0.6 is 0 Å². The van der Waals surface area contributed by atoms with Gasteiger partial charge in [0.1, 0.15) is 0 Å². The fourth-order valence-corrected chi connectivity index (χ4v) is 4.40. The molecule has 1 aliphatic heterocycles. The molecule has 1 aliphatic carbocycles. The third-order valence-corrected chi connectivity index (χ3v) is 5.85. The third-order valence-electron chi connectivity index (χ3n) is 5.85. The summed E-state index contributed by atoms with van der Waals surface area (Å²) in [6.45, 7) is 11.1. The van der Waals surface area contributed by atoms with E-state index in [-0.39, 0.29) is 12.2 Å². The van der Waals surface area contributed by atoms with E-state index in [0.29, 0.717) is 29.7 Å². The predicted molar refractivity (Wildman–Crippen MR) is 87.9 cm³/mol. The first-order valence-corrected chi connectivity index (χ1v) is 9.09. The Bertz CT molecular complexity index is 345. The van der Waals surface area contributed by atoms with Gasteiger partial charge in [0.05, 0.1) is 12.2 Å². The van der Waals surface area contributed by atoms with Crippen LogP contribution in [0.2, 0.25) is 0 Å². The van der Waals surface area contributed by atoms with Gasteiger partial charge in [-0.15, -0.1) is 0 Å². The SMILES string of the molecule is CCC(CC)C(C)N1C(=O)C(C(C)C)NC1C1CCCC1. The smallest absolute Gasteiger partial charge is 0.241 e. The lowest BCUT2D eigenvalue weighted by Crippen LogP contribution is -2.49. The molecule has 0 radical (unpaired) electrons. The number of rotatable bonds is 6. The second-order valence-electron chi connectivity index (χ2n) is 7.44. The summed E-state index contributed by atoms with van der Waals surface area (Å²) in [6.07, 6.45) is 7.82. The molecule has 3 atom stereocenters. The average molecular weight is 294 g/mol. The van der Waals surface area contributed by atoms with E-state index in [1.54, 1.807) is 0 Å². The Morgan fingerprint density at radius 1 is 1.14 bits per heavy atom. The molecular formula is C18H34N2O. The van der Waals surface area contributed by atoms with Crippen LogP contribution in [0.4, 0.5) is 0 Å². The Balaban J connectivity index is 2.21. The van der Waals surface area contributed by atoms with Gasteiger partial charge in [0.15, 0.2) is 0 Å². The lowest BCUT2D eigenvalue weighted by atomic mass is 9.92. The van der Waals surface area contributed by atoms with Crippen molar-refractivity contribution in [3.8, 4) is 0 Å². The van der Waals surface area contributed by atoms with Crippen LogP contribution < -0.4 is 5.32 Å². The molecule has 1 amide bonds. The fourth-order valence-electron chi connectivity index (χ4n) is 4.40. The van der Waals surface area contributed by atoms with Crippen LogP contribution in [0.1, 0.15) is 73.1 Å². The van der Waals surface area contributed by atoms with Crippen LogP contribution in [0.25, 0.3) is 0 Å². The maximum Gasteiger partial charge on any atom is 0.241 e. The first-order valence-electron chi connectivity index (χ1n) is 9.09. The summed E-state index contributed by atoms with van der Waals surface area (Å²) in [6, 6.07) is 0.377. The zero-order valence-electron chi connectivity index (χ0n) is 14.6. The van der Waals surface area contributed by atoms with Gasteiger partial charge in [0.25, 0.3) is 0 Å². The van der Waals surface area contributed by atoms with Gasteiger partial charge in [0, 0.05) is 6.04 Å². The van der Waals surface area contributed by atoms with Gasteiger partial charge < -0.3 is 4.90 Å². The van der Waals surface area contributed by atoms with Gasteiger partial charge in [-0.2, -0.15) is 0 Å². The van der Waals surface area contributed by atoms with E-state index < -0.39 is 0 Å². The summed E-state index contributed by atoms with van der Waals surface area (Å²) in [5.74, 6) is 2.00. The molecule has 3 unspecified atom stereocenters. The Labute approximate surface area is 130 Å². The van der Waals surface area contributed by atoms with Crippen molar-refractivity contribution in [2.24, 2.45) is 17.8 Å². The molecule has 2 aliphatic rings. The summed E-state index contributed by atoms with van der Waals surface area (Å²) >= 11 is 0. The highest BCUT2D eigenvalue weighted by molar-refractivity contribution is 5.85. The molecule has 1 heterocycles. The lowest BCUT2D eigenvalue weighted by Gasteiger charge is -2.37. The minimum absolute atomic E-state index is 0.0208. The zero-order valence-corrected chi connectivity index (χ0v) is 14.6. The van der Waals surface area contributed by atoms with Crippen LogP contribution in [-0.4, -0.2) is 29.1 Å². The van der Waals surface area contributed by atoms with Crippen molar-refractivity contribution in [1.29, 1.82) is 0 Å². The highest BCUT2D eigenvalue weighted by Crippen LogP contribution is 2.35. The number of amides is 1. The highest BCUT2D eigenvalue weighted by Gasteiger charge is 2.46. The van der Waals surface area contributed by atoms with Gasteiger partial charge in [-0.25, -0.2) is 0 Å².